The van der Waals surface area contributed by atoms with E-state index in [-0.39, 0.29) is 24.1 Å². The van der Waals surface area contributed by atoms with Crippen LogP contribution < -0.4 is 22.1 Å². The first-order valence-corrected chi connectivity index (χ1v) is 7.02. The number of nitrogens with one attached hydrogen (secondary N) is 2. The number of amides is 2. The number of primary amides is 2. The SMILES string of the molecule is NC(=O)CNc1ncc(C(N)=O)c(NC2CCCCC2)n1. The molecular weight excluding hydrogens is 272 g/mol. The quantitative estimate of drug-likeness (QED) is 0.592. The number of hydrogen-bond acceptors (Lipinski definition) is 6. The minimum atomic E-state index is -0.588. The molecular formula is C13H20N6O2. The number of aromatic nitrogens is 2. The second kappa shape index (κ2) is 6.87. The van der Waals surface area contributed by atoms with Crippen LogP contribution in [0.15, 0.2) is 6.20 Å². The van der Waals surface area contributed by atoms with E-state index in [4.69, 9.17) is 11.5 Å². The van der Waals surface area contributed by atoms with Crippen LogP contribution in [0.25, 0.3) is 0 Å². The molecule has 0 aromatic carbocycles. The third kappa shape index (κ3) is 4.30. The summed E-state index contributed by atoms with van der Waals surface area (Å²) < 4.78 is 0. The largest absolute Gasteiger partial charge is 0.368 e. The van der Waals surface area contributed by atoms with Crippen LogP contribution in [0, 0.1) is 0 Å². The highest BCUT2D eigenvalue weighted by molar-refractivity contribution is 5.97. The van der Waals surface area contributed by atoms with Crippen molar-refractivity contribution in [3.8, 4) is 0 Å². The minimum Gasteiger partial charge on any atom is -0.368 e. The van der Waals surface area contributed by atoms with Gasteiger partial charge >= 0.3 is 0 Å². The highest BCUT2D eigenvalue weighted by atomic mass is 16.1. The van der Waals surface area contributed by atoms with Crippen molar-refractivity contribution < 1.29 is 9.59 Å². The molecule has 0 radical (unpaired) electrons. The number of anilines is 2. The van der Waals surface area contributed by atoms with Crippen LogP contribution in [0.3, 0.4) is 0 Å². The van der Waals surface area contributed by atoms with Gasteiger partial charge in [-0.1, -0.05) is 19.3 Å². The molecule has 1 aromatic rings. The Morgan fingerprint density at radius 3 is 2.57 bits per heavy atom. The van der Waals surface area contributed by atoms with Gasteiger partial charge in [-0.25, -0.2) is 4.98 Å². The molecule has 0 atom stereocenters. The van der Waals surface area contributed by atoms with Gasteiger partial charge in [0.05, 0.1) is 12.1 Å². The first kappa shape index (κ1) is 15.0. The molecule has 114 valence electrons. The van der Waals surface area contributed by atoms with Crippen molar-refractivity contribution in [1.82, 2.24) is 9.97 Å². The van der Waals surface area contributed by atoms with E-state index in [1.54, 1.807) is 0 Å². The lowest BCUT2D eigenvalue weighted by Crippen LogP contribution is -2.27. The van der Waals surface area contributed by atoms with Crippen molar-refractivity contribution in [3.05, 3.63) is 11.8 Å². The molecule has 0 saturated heterocycles. The van der Waals surface area contributed by atoms with E-state index in [2.05, 4.69) is 20.6 Å². The normalized spacial score (nSPS) is 15.4. The summed E-state index contributed by atoms with van der Waals surface area (Å²) in [7, 11) is 0. The molecule has 6 N–H and O–H groups in total. The van der Waals surface area contributed by atoms with Crippen molar-refractivity contribution in [2.45, 2.75) is 38.1 Å². The van der Waals surface area contributed by atoms with Gasteiger partial charge in [-0.05, 0) is 12.8 Å². The summed E-state index contributed by atoms with van der Waals surface area (Å²) in [5, 5.41) is 5.95. The molecule has 21 heavy (non-hydrogen) atoms. The number of rotatable bonds is 6. The van der Waals surface area contributed by atoms with Crippen molar-refractivity contribution in [1.29, 1.82) is 0 Å². The highest BCUT2D eigenvalue weighted by Gasteiger charge is 2.18. The van der Waals surface area contributed by atoms with E-state index in [1.165, 1.54) is 12.6 Å². The minimum absolute atomic E-state index is 0.0706. The van der Waals surface area contributed by atoms with E-state index in [1.807, 2.05) is 0 Å². The highest BCUT2D eigenvalue weighted by Crippen LogP contribution is 2.22. The molecule has 0 spiro atoms. The zero-order valence-corrected chi connectivity index (χ0v) is 11.8. The molecule has 2 amide bonds. The molecule has 1 aliphatic rings. The monoisotopic (exact) mass is 292 g/mol. The number of nitrogens with two attached hydrogens (primary N) is 2. The zero-order chi connectivity index (χ0) is 15.2. The fraction of sp³-hybridized carbons (Fsp3) is 0.538. The summed E-state index contributed by atoms with van der Waals surface area (Å²) in [6, 6.07) is 0.274. The lowest BCUT2D eigenvalue weighted by molar-refractivity contribution is -0.116. The van der Waals surface area contributed by atoms with Crippen LogP contribution in [0.4, 0.5) is 11.8 Å². The molecule has 1 fully saturated rings. The van der Waals surface area contributed by atoms with Gasteiger partial charge in [0.15, 0.2) is 0 Å². The third-order valence-corrected chi connectivity index (χ3v) is 3.42. The molecule has 0 unspecified atom stereocenters. The Morgan fingerprint density at radius 2 is 1.95 bits per heavy atom. The summed E-state index contributed by atoms with van der Waals surface area (Å²) in [6.07, 6.45) is 6.96. The Hall–Kier alpha value is -2.38. The summed E-state index contributed by atoms with van der Waals surface area (Å²) in [4.78, 5) is 30.4. The third-order valence-electron chi connectivity index (χ3n) is 3.42. The average molecular weight is 292 g/mol. The summed E-state index contributed by atoms with van der Waals surface area (Å²) in [5.41, 5.74) is 10.6. The Balaban J connectivity index is 2.15. The first-order chi connectivity index (χ1) is 10.1. The van der Waals surface area contributed by atoms with Crippen molar-refractivity contribution in [2.75, 3.05) is 17.2 Å². The van der Waals surface area contributed by atoms with Gasteiger partial charge < -0.3 is 22.1 Å². The van der Waals surface area contributed by atoms with Gasteiger partial charge in [-0.15, -0.1) is 0 Å². The Kier molecular flexibility index (Phi) is 4.91. The molecule has 0 bridgehead atoms. The smallest absolute Gasteiger partial charge is 0.254 e. The molecule has 1 heterocycles. The maximum absolute atomic E-state index is 11.4. The fourth-order valence-corrected chi connectivity index (χ4v) is 2.36. The fourth-order valence-electron chi connectivity index (χ4n) is 2.36. The van der Waals surface area contributed by atoms with Gasteiger partial charge in [0.2, 0.25) is 11.9 Å². The lowest BCUT2D eigenvalue weighted by atomic mass is 9.95. The average Bonchev–Trinajstić information content (AvgIpc) is 2.46. The maximum atomic E-state index is 11.4. The number of carbonyl (C=O) groups excluding carboxylic acids is 2. The number of nitrogens with zero attached hydrogens (tertiary/aromatic N) is 2. The van der Waals surface area contributed by atoms with E-state index >= 15 is 0 Å². The van der Waals surface area contributed by atoms with Crippen LogP contribution in [0.1, 0.15) is 42.5 Å². The van der Waals surface area contributed by atoms with Gasteiger partial charge in [-0.3, -0.25) is 9.59 Å². The molecule has 0 aliphatic heterocycles. The van der Waals surface area contributed by atoms with E-state index in [9.17, 15) is 9.59 Å². The van der Waals surface area contributed by atoms with Gasteiger partial charge in [0.25, 0.3) is 5.91 Å². The van der Waals surface area contributed by atoms with Crippen molar-refractivity contribution in [2.24, 2.45) is 11.5 Å². The topological polar surface area (TPSA) is 136 Å². The molecule has 1 aliphatic carbocycles. The molecule has 1 saturated carbocycles. The first-order valence-electron chi connectivity index (χ1n) is 7.02. The van der Waals surface area contributed by atoms with Crippen molar-refractivity contribution >= 4 is 23.6 Å². The zero-order valence-electron chi connectivity index (χ0n) is 11.8. The molecule has 2 rings (SSSR count). The Bertz CT molecular complexity index is 527. The van der Waals surface area contributed by atoms with Crippen LogP contribution in [-0.2, 0) is 4.79 Å². The second-order valence-corrected chi connectivity index (χ2v) is 5.12. The van der Waals surface area contributed by atoms with Gasteiger partial charge in [0.1, 0.15) is 5.82 Å². The van der Waals surface area contributed by atoms with Crippen molar-refractivity contribution in [3.63, 3.8) is 0 Å². The van der Waals surface area contributed by atoms with Crippen LogP contribution in [0.5, 0.6) is 0 Å². The predicted molar refractivity (Wildman–Crippen MR) is 78.7 cm³/mol. The Labute approximate surface area is 122 Å². The summed E-state index contributed by atoms with van der Waals surface area (Å²) in [6.45, 7) is -0.0706. The van der Waals surface area contributed by atoms with Crippen LogP contribution in [0.2, 0.25) is 0 Å². The number of hydrogen-bond donors (Lipinski definition) is 4. The summed E-state index contributed by atoms with van der Waals surface area (Å²) >= 11 is 0. The Morgan fingerprint density at radius 1 is 1.24 bits per heavy atom. The molecule has 8 nitrogen and oxygen atoms in total. The lowest BCUT2D eigenvalue weighted by Gasteiger charge is -2.24. The van der Waals surface area contributed by atoms with E-state index in [0.29, 0.717) is 5.82 Å². The molecule has 1 aromatic heterocycles. The van der Waals surface area contributed by atoms with Gasteiger partial charge in [-0.2, -0.15) is 4.98 Å². The van der Waals surface area contributed by atoms with E-state index < -0.39 is 11.8 Å². The second-order valence-electron chi connectivity index (χ2n) is 5.12. The summed E-state index contributed by atoms with van der Waals surface area (Å²) in [5.74, 6) is -0.470. The molecule has 8 heteroatoms. The van der Waals surface area contributed by atoms with Gasteiger partial charge in [0, 0.05) is 12.2 Å². The number of carbonyl (C=O) groups is 2. The maximum Gasteiger partial charge on any atom is 0.254 e. The van der Waals surface area contributed by atoms with Crippen LogP contribution in [-0.4, -0.2) is 34.4 Å². The standard InChI is InChI=1S/C13H20N6O2/c14-10(20)7-17-13-16-6-9(11(15)21)12(19-13)18-8-4-2-1-3-5-8/h6,8H,1-5,7H2,(H2,14,20)(H2,15,21)(H2,16,17,18,19). The van der Waals surface area contributed by atoms with E-state index in [0.717, 1.165) is 25.7 Å². The van der Waals surface area contributed by atoms with Crippen LogP contribution >= 0.6 is 0 Å². The predicted octanol–water partition coefficient (Wildman–Crippen LogP) is 0.217.